The first-order valence-electron chi connectivity index (χ1n) is 11.6. The normalized spacial score (nSPS) is 15.9. The van der Waals surface area contributed by atoms with E-state index in [-0.39, 0.29) is 66.8 Å². The van der Waals surface area contributed by atoms with Gasteiger partial charge in [-0.05, 0) is 54.5 Å². The Morgan fingerprint density at radius 3 is 2.62 bits per heavy atom. The standard InChI is InChI=1S/C26H31N3O6S.Na/c1-2-18(20-10-13-25-21(15-20)5-4-14-28-26(27)29-17-35-25)16-23(36(32,33)34)6-3-7-24(31)19-8-11-22(30)12-9-19;/h3,7-13,15,18,23-24,30-31H,2,5-6,16-17H2,1H3,(H3,27,28,29)(H,32,33,34);/q;+1/p-1/b7-3+;/t18-,23+,24-;/m1./s1. The smallest absolute Gasteiger partial charge is 0.748 e. The molecule has 3 rings (SSSR count). The Labute approximate surface area is 239 Å². The maximum atomic E-state index is 12.1. The van der Waals surface area contributed by atoms with Crippen molar-refractivity contribution in [2.45, 2.75) is 49.9 Å². The summed E-state index contributed by atoms with van der Waals surface area (Å²) in [6.45, 7) is 2.06. The van der Waals surface area contributed by atoms with E-state index < -0.39 is 21.5 Å². The third-order valence-corrected chi connectivity index (χ3v) is 7.17. The van der Waals surface area contributed by atoms with Gasteiger partial charge < -0.3 is 30.6 Å². The molecule has 9 nitrogen and oxygen atoms in total. The van der Waals surface area contributed by atoms with Crippen LogP contribution in [0.5, 0.6) is 11.5 Å². The molecule has 0 aliphatic carbocycles. The number of aliphatic imine (C=N–C) groups is 1. The molecule has 0 bridgehead atoms. The molecule has 0 spiro atoms. The van der Waals surface area contributed by atoms with E-state index >= 15 is 0 Å². The predicted octanol–water partition coefficient (Wildman–Crippen LogP) is -0.369. The molecule has 0 saturated carbocycles. The molecule has 3 atom stereocenters. The number of aliphatic hydroxyl groups excluding tert-OH is 1. The maximum absolute atomic E-state index is 12.1. The van der Waals surface area contributed by atoms with E-state index in [2.05, 4.69) is 22.3 Å². The van der Waals surface area contributed by atoms with Gasteiger partial charge in [-0.2, -0.15) is 4.99 Å². The minimum Gasteiger partial charge on any atom is -0.748 e. The number of nitrogens with one attached hydrogen (secondary N) is 1. The summed E-state index contributed by atoms with van der Waals surface area (Å²) < 4.78 is 41.9. The third-order valence-electron chi connectivity index (χ3n) is 5.97. The van der Waals surface area contributed by atoms with Crippen LogP contribution in [0, 0.1) is 12.0 Å². The second-order valence-corrected chi connectivity index (χ2v) is 10.1. The number of rotatable bonds is 9. The minimum absolute atomic E-state index is 0. The van der Waals surface area contributed by atoms with Gasteiger partial charge in [-0.3, -0.25) is 0 Å². The van der Waals surface area contributed by atoms with Crippen LogP contribution in [0.4, 0.5) is 0 Å². The molecule has 0 unspecified atom stereocenters. The Morgan fingerprint density at radius 2 is 1.95 bits per heavy atom. The zero-order chi connectivity index (χ0) is 26.1. The maximum Gasteiger partial charge on any atom is 1.00 e. The fourth-order valence-electron chi connectivity index (χ4n) is 3.92. The average molecular weight is 536 g/mol. The van der Waals surface area contributed by atoms with Crippen molar-refractivity contribution in [1.82, 2.24) is 5.32 Å². The summed E-state index contributed by atoms with van der Waals surface area (Å²) in [7, 11) is -4.59. The summed E-state index contributed by atoms with van der Waals surface area (Å²) in [6.07, 6.45) is 3.08. The molecule has 11 heteroatoms. The first-order valence-corrected chi connectivity index (χ1v) is 13.0. The van der Waals surface area contributed by atoms with E-state index in [9.17, 15) is 23.2 Å². The van der Waals surface area contributed by atoms with E-state index in [1.54, 1.807) is 18.2 Å². The van der Waals surface area contributed by atoms with Gasteiger partial charge in [-0.15, -0.1) is 0 Å². The molecule has 1 aliphatic heterocycles. The fraction of sp³-hybridized carbons (Fsp3) is 0.346. The Balaban J connectivity index is 0.00000481. The SMILES string of the molecule is CC[C@H](C[C@H](C/C=C/[C@@H](O)c1ccc(O)cc1)S(=O)(=O)[O-])c1ccc2c(c1)CC#CN=C(N)NCO2.[Na+]. The molecule has 0 amide bonds. The topological polar surface area (TPSA) is 157 Å². The average Bonchev–Trinajstić information content (AvgIpc) is 2.84. The van der Waals surface area contributed by atoms with Crippen molar-refractivity contribution in [2.75, 3.05) is 6.73 Å². The Hall–Kier alpha value is -2.52. The van der Waals surface area contributed by atoms with Gasteiger partial charge in [0.25, 0.3) is 0 Å². The van der Waals surface area contributed by atoms with Gasteiger partial charge >= 0.3 is 29.6 Å². The van der Waals surface area contributed by atoms with Crippen molar-refractivity contribution in [3.63, 3.8) is 0 Å². The van der Waals surface area contributed by atoms with E-state index in [0.29, 0.717) is 24.2 Å². The second-order valence-electron chi connectivity index (χ2n) is 8.45. The summed E-state index contributed by atoms with van der Waals surface area (Å²) in [4.78, 5) is 3.87. The third kappa shape index (κ3) is 9.38. The Bertz CT molecular complexity index is 1270. The molecule has 0 radical (unpaired) electrons. The number of nitrogens with zero attached hydrogens (tertiary/aromatic N) is 1. The molecule has 192 valence electrons. The van der Waals surface area contributed by atoms with Crippen LogP contribution in [0.25, 0.3) is 0 Å². The number of hydrogen-bond acceptors (Lipinski definition) is 9. The number of allylic oxidation sites excluding steroid dienone is 1. The van der Waals surface area contributed by atoms with Crippen molar-refractivity contribution in [3.05, 3.63) is 71.3 Å². The largest absolute Gasteiger partial charge is 1.00 e. The van der Waals surface area contributed by atoms with Crippen LogP contribution in [0.1, 0.15) is 54.9 Å². The molecule has 2 aromatic rings. The summed E-state index contributed by atoms with van der Waals surface area (Å²) >= 11 is 0. The number of aromatic hydroxyl groups is 1. The van der Waals surface area contributed by atoms with E-state index in [1.807, 2.05) is 19.1 Å². The fourth-order valence-corrected chi connectivity index (χ4v) is 4.74. The van der Waals surface area contributed by atoms with Gasteiger partial charge in [-0.25, -0.2) is 8.42 Å². The van der Waals surface area contributed by atoms with Gasteiger partial charge in [0.15, 0.2) is 6.73 Å². The van der Waals surface area contributed by atoms with Gasteiger partial charge in [0.05, 0.1) is 21.5 Å². The number of aliphatic hydroxyl groups is 1. The monoisotopic (exact) mass is 535 g/mol. The summed E-state index contributed by atoms with van der Waals surface area (Å²) in [6, 6.07) is 14.3. The molecule has 2 aromatic carbocycles. The molecule has 1 heterocycles. The molecular weight excluding hydrogens is 505 g/mol. The molecule has 1 aliphatic rings. The van der Waals surface area contributed by atoms with Crippen LogP contribution in [-0.2, 0) is 16.5 Å². The molecule has 0 fully saturated rings. The van der Waals surface area contributed by atoms with Crippen LogP contribution in [0.3, 0.4) is 0 Å². The molecule has 37 heavy (non-hydrogen) atoms. The van der Waals surface area contributed by atoms with Crippen molar-refractivity contribution in [3.8, 4) is 23.5 Å². The predicted molar refractivity (Wildman–Crippen MR) is 136 cm³/mol. The van der Waals surface area contributed by atoms with Crippen molar-refractivity contribution < 1.29 is 57.5 Å². The molecule has 0 saturated heterocycles. The molecule has 5 N–H and O–H groups in total. The minimum atomic E-state index is -4.59. The molecule has 0 aromatic heterocycles. The quantitative estimate of drug-likeness (QED) is 0.147. The number of phenols is 1. The first kappa shape index (κ1) is 30.7. The number of hydrogen-bond donors (Lipinski definition) is 4. The summed E-state index contributed by atoms with van der Waals surface area (Å²) in [5.74, 6) is 3.60. The van der Waals surface area contributed by atoms with Crippen molar-refractivity contribution in [2.24, 2.45) is 10.7 Å². The Kier molecular flexibility index (Phi) is 12.0. The molecular formula is C26H30N3NaO6S. The van der Waals surface area contributed by atoms with Crippen LogP contribution in [0.15, 0.2) is 59.6 Å². The van der Waals surface area contributed by atoms with Crippen LogP contribution in [0.2, 0.25) is 0 Å². The number of fused-ring (bicyclic) bond motifs is 1. The van der Waals surface area contributed by atoms with E-state index in [4.69, 9.17) is 10.5 Å². The van der Waals surface area contributed by atoms with E-state index in [0.717, 1.165) is 11.1 Å². The number of benzene rings is 2. The number of ether oxygens (including phenoxy) is 1. The zero-order valence-electron chi connectivity index (χ0n) is 20.9. The van der Waals surface area contributed by atoms with Gasteiger partial charge in [0, 0.05) is 18.0 Å². The van der Waals surface area contributed by atoms with Crippen LogP contribution >= 0.6 is 0 Å². The van der Waals surface area contributed by atoms with Crippen LogP contribution in [-0.4, -0.2) is 41.1 Å². The van der Waals surface area contributed by atoms with Crippen LogP contribution < -0.4 is 45.3 Å². The Morgan fingerprint density at radius 1 is 1.24 bits per heavy atom. The second kappa shape index (κ2) is 14.4. The van der Waals surface area contributed by atoms with Crippen molar-refractivity contribution in [1.29, 1.82) is 0 Å². The van der Waals surface area contributed by atoms with E-state index in [1.165, 1.54) is 24.3 Å². The summed E-state index contributed by atoms with van der Waals surface area (Å²) in [5, 5.41) is 21.3. The number of nitrogens with two attached hydrogens (primary N) is 1. The zero-order valence-corrected chi connectivity index (χ0v) is 23.7. The first-order chi connectivity index (χ1) is 17.2. The van der Waals surface area contributed by atoms with Crippen molar-refractivity contribution >= 4 is 16.1 Å². The number of guanidine groups is 1. The van der Waals surface area contributed by atoms with Gasteiger partial charge in [0.2, 0.25) is 5.96 Å². The summed E-state index contributed by atoms with van der Waals surface area (Å²) in [5.41, 5.74) is 7.90. The number of phenolic OH excluding ortho intramolecular Hbond substituents is 1. The van der Waals surface area contributed by atoms with Gasteiger partial charge in [0.1, 0.15) is 11.5 Å². The van der Waals surface area contributed by atoms with Gasteiger partial charge in [-0.1, -0.05) is 49.3 Å².